The van der Waals surface area contributed by atoms with E-state index in [1.165, 1.54) is 6.07 Å². The molecule has 1 aromatic carbocycles. The molecule has 0 bridgehead atoms. The maximum atomic E-state index is 13.8. The summed E-state index contributed by atoms with van der Waals surface area (Å²) < 4.78 is 15.8. The number of amides is 1. The molecule has 4 heteroatoms. The molecule has 0 unspecified atom stereocenters. The molecule has 1 fully saturated rings. The first-order chi connectivity index (χ1) is 9.66. The molecule has 2 aromatic rings. The zero-order valence-electron chi connectivity index (χ0n) is 11.4. The average Bonchev–Trinajstić information content (AvgIpc) is 3.20. The Morgan fingerprint density at radius 2 is 2.05 bits per heavy atom. The highest BCUT2D eigenvalue weighted by molar-refractivity contribution is 5.94. The van der Waals surface area contributed by atoms with Crippen LogP contribution in [0.1, 0.15) is 28.9 Å². The molecule has 0 spiro atoms. The Bertz CT molecular complexity index is 631. The standard InChI is InChI=1S/C16H17FN2O/c1-18-10-4-5-13(18)11-19(12-8-9-12)16(20)14-6-2-3-7-15(14)17/h2-7,10,12H,8-9,11H2,1H3. The van der Waals surface area contributed by atoms with Crippen LogP contribution in [0, 0.1) is 5.82 Å². The molecule has 0 atom stereocenters. The first-order valence-corrected chi connectivity index (χ1v) is 6.82. The van der Waals surface area contributed by atoms with E-state index in [0.29, 0.717) is 6.54 Å². The van der Waals surface area contributed by atoms with E-state index in [9.17, 15) is 9.18 Å². The second-order valence-corrected chi connectivity index (χ2v) is 5.25. The zero-order valence-corrected chi connectivity index (χ0v) is 11.4. The molecule has 0 N–H and O–H groups in total. The number of carbonyl (C=O) groups is 1. The SMILES string of the molecule is Cn1cccc1CN(C(=O)c1ccccc1F)C1CC1. The molecule has 0 saturated heterocycles. The number of nitrogens with zero attached hydrogens (tertiary/aromatic N) is 2. The molecule has 0 radical (unpaired) electrons. The zero-order chi connectivity index (χ0) is 14.1. The quantitative estimate of drug-likeness (QED) is 0.840. The van der Waals surface area contributed by atoms with Crippen molar-refractivity contribution in [3.05, 3.63) is 59.7 Å². The number of hydrogen-bond acceptors (Lipinski definition) is 1. The molecule has 1 aliphatic carbocycles. The van der Waals surface area contributed by atoms with E-state index >= 15 is 0 Å². The Labute approximate surface area is 117 Å². The lowest BCUT2D eigenvalue weighted by molar-refractivity contribution is 0.0721. The van der Waals surface area contributed by atoms with E-state index < -0.39 is 5.82 Å². The van der Waals surface area contributed by atoms with Gasteiger partial charge in [0, 0.05) is 25.0 Å². The third-order valence-electron chi connectivity index (χ3n) is 3.74. The van der Waals surface area contributed by atoms with Gasteiger partial charge in [-0.05, 0) is 37.1 Å². The first-order valence-electron chi connectivity index (χ1n) is 6.82. The van der Waals surface area contributed by atoms with Crippen LogP contribution in [0.15, 0.2) is 42.6 Å². The summed E-state index contributed by atoms with van der Waals surface area (Å²) in [6, 6.07) is 10.4. The van der Waals surface area contributed by atoms with Gasteiger partial charge in [-0.3, -0.25) is 4.79 Å². The van der Waals surface area contributed by atoms with Gasteiger partial charge in [0.05, 0.1) is 12.1 Å². The molecular weight excluding hydrogens is 255 g/mol. The van der Waals surface area contributed by atoms with Crippen molar-refractivity contribution in [2.75, 3.05) is 0 Å². The summed E-state index contributed by atoms with van der Waals surface area (Å²) in [5, 5.41) is 0. The van der Waals surface area contributed by atoms with E-state index in [1.54, 1.807) is 23.1 Å². The summed E-state index contributed by atoms with van der Waals surface area (Å²) in [5.41, 5.74) is 1.22. The highest BCUT2D eigenvalue weighted by atomic mass is 19.1. The van der Waals surface area contributed by atoms with Gasteiger partial charge in [-0.25, -0.2) is 4.39 Å². The predicted molar refractivity (Wildman–Crippen MR) is 74.7 cm³/mol. The molecular formula is C16H17FN2O. The van der Waals surface area contributed by atoms with Crippen LogP contribution >= 0.6 is 0 Å². The van der Waals surface area contributed by atoms with Gasteiger partial charge in [-0.1, -0.05) is 12.1 Å². The van der Waals surface area contributed by atoms with Crippen LogP contribution in [0.5, 0.6) is 0 Å². The lowest BCUT2D eigenvalue weighted by Gasteiger charge is -2.23. The maximum Gasteiger partial charge on any atom is 0.257 e. The van der Waals surface area contributed by atoms with Crippen molar-refractivity contribution < 1.29 is 9.18 Å². The van der Waals surface area contributed by atoms with Crippen molar-refractivity contribution in [2.45, 2.75) is 25.4 Å². The van der Waals surface area contributed by atoms with E-state index in [4.69, 9.17) is 0 Å². The van der Waals surface area contributed by atoms with Crippen LogP contribution in [0.4, 0.5) is 4.39 Å². The fraction of sp³-hybridized carbons (Fsp3) is 0.312. The van der Waals surface area contributed by atoms with Gasteiger partial charge in [-0.2, -0.15) is 0 Å². The Hall–Kier alpha value is -2.10. The molecule has 1 aliphatic rings. The minimum absolute atomic E-state index is 0.161. The van der Waals surface area contributed by atoms with Gasteiger partial charge in [0.15, 0.2) is 0 Å². The largest absolute Gasteiger partial charge is 0.353 e. The molecule has 1 amide bonds. The molecule has 20 heavy (non-hydrogen) atoms. The van der Waals surface area contributed by atoms with Gasteiger partial charge >= 0.3 is 0 Å². The topological polar surface area (TPSA) is 25.2 Å². The van der Waals surface area contributed by atoms with E-state index in [-0.39, 0.29) is 17.5 Å². The second-order valence-electron chi connectivity index (χ2n) is 5.25. The number of carbonyl (C=O) groups excluding carboxylic acids is 1. The summed E-state index contributed by atoms with van der Waals surface area (Å²) in [6.07, 6.45) is 3.96. The monoisotopic (exact) mass is 272 g/mol. The van der Waals surface area contributed by atoms with Crippen molar-refractivity contribution in [3.63, 3.8) is 0 Å². The Kier molecular flexibility index (Phi) is 3.30. The van der Waals surface area contributed by atoms with Gasteiger partial charge < -0.3 is 9.47 Å². The lowest BCUT2D eigenvalue weighted by Crippen LogP contribution is -2.33. The number of aromatic nitrogens is 1. The van der Waals surface area contributed by atoms with Crippen molar-refractivity contribution in [1.29, 1.82) is 0 Å². The third kappa shape index (κ3) is 2.46. The fourth-order valence-electron chi connectivity index (χ4n) is 2.38. The molecule has 0 aliphatic heterocycles. The van der Waals surface area contributed by atoms with E-state index in [2.05, 4.69) is 0 Å². The lowest BCUT2D eigenvalue weighted by atomic mass is 10.1. The van der Waals surface area contributed by atoms with Crippen LogP contribution in [0.3, 0.4) is 0 Å². The smallest absolute Gasteiger partial charge is 0.257 e. The molecule has 1 saturated carbocycles. The van der Waals surface area contributed by atoms with Gasteiger partial charge in [0.1, 0.15) is 5.82 Å². The van der Waals surface area contributed by atoms with Crippen LogP contribution in [0.25, 0.3) is 0 Å². The molecule has 1 aromatic heterocycles. The van der Waals surface area contributed by atoms with Crippen molar-refractivity contribution in [1.82, 2.24) is 9.47 Å². The van der Waals surface area contributed by atoms with E-state index in [0.717, 1.165) is 18.5 Å². The van der Waals surface area contributed by atoms with Crippen molar-refractivity contribution >= 4 is 5.91 Å². The summed E-state index contributed by atoms with van der Waals surface area (Å²) in [4.78, 5) is 14.3. The summed E-state index contributed by atoms with van der Waals surface area (Å²) >= 11 is 0. The second kappa shape index (κ2) is 5.12. The minimum atomic E-state index is -0.449. The fourth-order valence-corrected chi connectivity index (χ4v) is 2.38. The molecule has 1 heterocycles. The Morgan fingerprint density at radius 1 is 1.30 bits per heavy atom. The number of hydrogen-bond donors (Lipinski definition) is 0. The van der Waals surface area contributed by atoms with Gasteiger partial charge in [0.2, 0.25) is 0 Å². The normalized spacial score (nSPS) is 14.3. The van der Waals surface area contributed by atoms with Crippen molar-refractivity contribution in [2.24, 2.45) is 7.05 Å². The number of halogens is 1. The molecule has 3 nitrogen and oxygen atoms in total. The third-order valence-corrected chi connectivity index (χ3v) is 3.74. The summed E-state index contributed by atoms with van der Waals surface area (Å²) in [7, 11) is 1.95. The Balaban J connectivity index is 1.86. The first kappa shape index (κ1) is 12.9. The van der Waals surface area contributed by atoms with Crippen LogP contribution < -0.4 is 0 Å². The summed E-state index contributed by atoms with van der Waals surface area (Å²) in [5.74, 6) is -0.665. The number of aryl methyl sites for hydroxylation is 1. The predicted octanol–water partition coefficient (Wildman–Crippen LogP) is 2.97. The molecule has 104 valence electrons. The highest BCUT2D eigenvalue weighted by Gasteiger charge is 2.34. The van der Waals surface area contributed by atoms with Gasteiger partial charge in [-0.15, -0.1) is 0 Å². The number of rotatable bonds is 4. The van der Waals surface area contributed by atoms with Gasteiger partial charge in [0.25, 0.3) is 5.91 Å². The Morgan fingerprint density at radius 3 is 2.65 bits per heavy atom. The summed E-state index contributed by atoms with van der Waals surface area (Å²) in [6.45, 7) is 0.529. The van der Waals surface area contributed by atoms with E-state index in [1.807, 2.05) is 29.9 Å². The minimum Gasteiger partial charge on any atom is -0.353 e. The van der Waals surface area contributed by atoms with Crippen LogP contribution in [-0.2, 0) is 13.6 Å². The maximum absolute atomic E-state index is 13.8. The average molecular weight is 272 g/mol. The number of benzene rings is 1. The highest BCUT2D eigenvalue weighted by Crippen LogP contribution is 2.30. The van der Waals surface area contributed by atoms with Crippen molar-refractivity contribution in [3.8, 4) is 0 Å². The van der Waals surface area contributed by atoms with Crippen LogP contribution in [0.2, 0.25) is 0 Å². The van der Waals surface area contributed by atoms with Crippen LogP contribution in [-0.4, -0.2) is 21.4 Å². The molecule has 3 rings (SSSR count).